The topological polar surface area (TPSA) is 75.6 Å². The Hall–Kier alpha value is -1.88. The monoisotopic (exact) mass is 305 g/mol. The second kappa shape index (κ2) is 7.94. The summed E-state index contributed by atoms with van der Waals surface area (Å²) in [6.07, 6.45) is 1.64. The maximum atomic E-state index is 12.5. The van der Waals surface area contributed by atoms with Gasteiger partial charge in [0.25, 0.3) is 0 Å². The van der Waals surface area contributed by atoms with E-state index in [4.69, 9.17) is 9.84 Å². The molecule has 1 aromatic rings. The van der Waals surface area contributed by atoms with Gasteiger partial charge in [0.15, 0.2) is 0 Å². The second-order valence-corrected chi connectivity index (χ2v) is 5.81. The molecule has 2 rings (SSSR count). The zero-order chi connectivity index (χ0) is 15.9. The van der Waals surface area contributed by atoms with Crippen molar-refractivity contribution in [3.63, 3.8) is 0 Å². The summed E-state index contributed by atoms with van der Waals surface area (Å²) >= 11 is 0. The third-order valence-electron chi connectivity index (χ3n) is 4.28. The quantitative estimate of drug-likeness (QED) is 0.846. The van der Waals surface area contributed by atoms with Crippen LogP contribution >= 0.6 is 0 Å². The van der Waals surface area contributed by atoms with Crippen LogP contribution in [0.25, 0.3) is 0 Å². The van der Waals surface area contributed by atoms with E-state index in [-0.39, 0.29) is 18.2 Å². The van der Waals surface area contributed by atoms with Crippen molar-refractivity contribution in [3.05, 3.63) is 35.9 Å². The first-order valence-corrected chi connectivity index (χ1v) is 7.72. The van der Waals surface area contributed by atoms with Crippen LogP contribution in [0.4, 0.5) is 0 Å². The van der Waals surface area contributed by atoms with Crippen LogP contribution in [-0.2, 0) is 14.3 Å². The van der Waals surface area contributed by atoms with Crippen molar-refractivity contribution in [2.75, 3.05) is 13.2 Å². The van der Waals surface area contributed by atoms with Crippen LogP contribution in [0, 0.1) is 11.8 Å². The van der Waals surface area contributed by atoms with Crippen molar-refractivity contribution in [1.82, 2.24) is 5.32 Å². The molecule has 2 N–H and O–H groups in total. The molecule has 1 fully saturated rings. The summed E-state index contributed by atoms with van der Waals surface area (Å²) in [5.74, 6) is -0.839. The molecule has 2 unspecified atom stereocenters. The molecule has 1 heterocycles. The molecule has 120 valence electrons. The van der Waals surface area contributed by atoms with Crippen molar-refractivity contribution in [2.45, 2.75) is 32.2 Å². The number of nitrogens with one attached hydrogen (secondary N) is 1. The van der Waals surface area contributed by atoms with Crippen LogP contribution in [0.15, 0.2) is 30.3 Å². The van der Waals surface area contributed by atoms with E-state index in [9.17, 15) is 9.59 Å². The number of carboxylic acid groups (broad SMARTS) is 1. The number of amides is 1. The molecule has 0 aliphatic carbocycles. The minimum Gasteiger partial charge on any atom is -0.481 e. The molecule has 0 radical (unpaired) electrons. The minimum atomic E-state index is -0.923. The highest BCUT2D eigenvalue weighted by Crippen LogP contribution is 2.25. The van der Waals surface area contributed by atoms with Crippen molar-refractivity contribution in [1.29, 1.82) is 0 Å². The van der Waals surface area contributed by atoms with E-state index in [0.29, 0.717) is 19.1 Å². The highest BCUT2D eigenvalue weighted by molar-refractivity contribution is 5.80. The molecule has 1 aliphatic rings. The maximum Gasteiger partial charge on any atom is 0.305 e. The minimum absolute atomic E-state index is 0.0815. The first-order chi connectivity index (χ1) is 10.6. The molecule has 2 atom stereocenters. The van der Waals surface area contributed by atoms with Gasteiger partial charge >= 0.3 is 5.97 Å². The Morgan fingerprint density at radius 2 is 1.91 bits per heavy atom. The van der Waals surface area contributed by atoms with E-state index in [2.05, 4.69) is 5.32 Å². The fourth-order valence-corrected chi connectivity index (χ4v) is 2.85. The number of hydrogen-bond acceptors (Lipinski definition) is 3. The van der Waals surface area contributed by atoms with Crippen LogP contribution in [0.5, 0.6) is 0 Å². The first-order valence-electron chi connectivity index (χ1n) is 7.72. The summed E-state index contributed by atoms with van der Waals surface area (Å²) in [5.41, 5.74) is 0.817. The van der Waals surface area contributed by atoms with Crippen LogP contribution in [0.2, 0.25) is 0 Å². The average Bonchev–Trinajstić information content (AvgIpc) is 2.54. The van der Waals surface area contributed by atoms with E-state index in [0.717, 1.165) is 18.4 Å². The molecule has 0 spiro atoms. The first kappa shape index (κ1) is 16.5. The smallest absolute Gasteiger partial charge is 0.305 e. The summed E-state index contributed by atoms with van der Waals surface area (Å²) in [6.45, 7) is 3.30. The number of rotatable bonds is 6. The molecule has 0 bridgehead atoms. The van der Waals surface area contributed by atoms with E-state index >= 15 is 0 Å². The summed E-state index contributed by atoms with van der Waals surface area (Å²) in [6, 6.07) is 8.75. The van der Waals surface area contributed by atoms with E-state index in [1.165, 1.54) is 0 Å². The Kier molecular flexibility index (Phi) is 5.95. The Morgan fingerprint density at radius 1 is 1.27 bits per heavy atom. The zero-order valence-electron chi connectivity index (χ0n) is 12.8. The lowest BCUT2D eigenvalue weighted by molar-refractivity contribution is -0.138. The number of aliphatic carboxylic acids is 1. The lowest BCUT2D eigenvalue weighted by atomic mass is 9.86. The molecular formula is C17H23NO4. The van der Waals surface area contributed by atoms with Gasteiger partial charge in [-0.25, -0.2) is 0 Å². The van der Waals surface area contributed by atoms with Gasteiger partial charge in [0.05, 0.1) is 12.5 Å². The van der Waals surface area contributed by atoms with Crippen LogP contribution in [0.3, 0.4) is 0 Å². The van der Waals surface area contributed by atoms with Crippen LogP contribution in [-0.4, -0.2) is 30.2 Å². The van der Waals surface area contributed by atoms with Crippen molar-refractivity contribution >= 4 is 11.9 Å². The third kappa shape index (κ3) is 4.56. The summed E-state index contributed by atoms with van der Waals surface area (Å²) in [4.78, 5) is 23.5. The molecule has 1 aromatic carbocycles. The van der Waals surface area contributed by atoms with Gasteiger partial charge < -0.3 is 15.2 Å². The second-order valence-electron chi connectivity index (χ2n) is 5.81. The normalized spacial score (nSPS) is 18.4. The van der Waals surface area contributed by atoms with Crippen LogP contribution < -0.4 is 5.32 Å². The zero-order valence-corrected chi connectivity index (χ0v) is 12.8. The Morgan fingerprint density at radius 3 is 2.50 bits per heavy atom. The van der Waals surface area contributed by atoms with Gasteiger partial charge in [-0.1, -0.05) is 37.3 Å². The largest absolute Gasteiger partial charge is 0.481 e. The van der Waals surface area contributed by atoms with Crippen molar-refractivity contribution < 1.29 is 19.4 Å². The summed E-state index contributed by atoms with van der Waals surface area (Å²) < 4.78 is 5.32. The molecule has 1 saturated heterocycles. The third-order valence-corrected chi connectivity index (χ3v) is 4.28. The highest BCUT2D eigenvalue weighted by Gasteiger charge is 2.28. The molecule has 0 aromatic heterocycles. The van der Waals surface area contributed by atoms with Gasteiger partial charge in [-0.3, -0.25) is 9.59 Å². The van der Waals surface area contributed by atoms with E-state index in [1.54, 1.807) is 0 Å². The maximum absolute atomic E-state index is 12.5. The predicted molar refractivity (Wildman–Crippen MR) is 82.3 cm³/mol. The molecular weight excluding hydrogens is 282 g/mol. The fraction of sp³-hybridized carbons (Fsp3) is 0.529. The Labute approximate surface area is 130 Å². The van der Waals surface area contributed by atoms with Gasteiger partial charge in [-0.2, -0.15) is 0 Å². The number of carbonyl (C=O) groups is 2. The van der Waals surface area contributed by atoms with Gasteiger partial charge in [0.1, 0.15) is 0 Å². The summed E-state index contributed by atoms with van der Waals surface area (Å²) in [5, 5.41) is 12.0. The number of benzene rings is 1. The van der Waals surface area contributed by atoms with E-state index in [1.807, 2.05) is 37.3 Å². The van der Waals surface area contributed by atoms with Gasteiger partial charge in [0, 0.05) is 19.1 Å². The SMILES string of the molecule is CC(C(=O)NC(CC(=O)O)c1ccccc1)C1CCOCC1. The van der Waals surface area contributed by atoms with Crippen LogP contribution in [0.1, 0.15) is 37.8 Å². The average molecular weight is 305 g/mol. The molecule has 5 nitrogen and oxygen atoms in total. The standard InChI is InChI=1S/C17H23NO4/c1-12(13-7-9-22-10-8-13)17(21)18-15(11-16(19)20)14-5-3-2-4-6-14/h2-6,12-13,15H,7-11H2,1H3,(H,18,21)(H,19,20). The molecule has 0 saturated carbocycles. The lowest BCUT2D eigenvalue weighted by Crippen LogP contribution is -2.38. The predicted octanol–water partition coefficient (Wildman–Crippen LogP) is 2.38. The van der Waals surface area contributed by atoms with Gasteiger partial charge in [-0.15, -0.1) is 0 Å². The number of carboxylic acids is 1. The van der Waals surface area contributed by atoms with Gasteiger partial charge in [-0.05, 0) is 24.3 Å². The molecule has 22 heavy (non-hydrogen) atoms. The molecule has 1 amide bonds. The van der Waals surface area contributed by atoms with E-state index < -0.39 is 12.0 Å². The summed E-state index contributed by atoms with van der Waals surface area (Å²) in [7, 11) is 0. The number of hydrogen-bond donors (Lipinski definition) is 2. The number of ether oxygens (including phenoxy) is 1. The van der Waals surface area contributed by atoms with Crippen molar-refractivity contribution in [2.24, 2.45) is 11.8 Å². The number of carbonyl (C=O) groups excluding carboxylic acids is 1. The molecule has 5 heteroatoms. The molecule has 1 aliphatic heterocycles. The highest BCUT2D eigenvalue weighted by atomic mass is 16.5. The fourth-order valence-electron chi connectivity index (χ4n) is 2.85. The lowest BCUT2D eigenvalue weighted by Gasteiger charge is -2.28. The van der Waals surface area contributed by atoms with Crippen molar-refractivity contribution in [3.8, 4) is 0 Å². The van der Waals surface area contributed by atoms with Gasteiger partial charge in [0.2, 0.25) is 5.91 Å². The Bertz CT molecular complexity index is 497. The Balaban J connectivity index is 2.02.